The maximum atomic E-state index is 4.26. The van der Waals surface area contributed by atoms with Crippen LogP contribution in [0.5, 0.6) is 0 Å². The molecular formula is C26H42N4Si+2. The number of hydrogen-bond acceptors (Lipinski definition) is 4. The summed E-state index contributed by atoms with van der Waals surface area (Å²) < 4.78 is 8.53. The standard InChI is InChI=1S/2C10H15.C6H12N4Si/c2*1-6-7(2)9(4)10(5)8(6)3;1-9(2)5-6(10(3)4)8-11-7-5/h2*1-5H3;1-4H3/q;;+2. The van der Waals surface area contributed by atoms with Gasteiger partial charge in [0.05, 0.1) is 0 Å². The molecule has 1 heterocycles. The van der Waals surface area contributed by atoms with Gasteiger partial charge in [-0.1, -0.05) is 69.2 Å². The first-order valence-electron chi connectivity index (χ1n) is 10.9. The van der Waals surface area contributed by atoms with Crippen LogP contribution in [0.25, 0.3) is 0 Å². The summed E-state index contributed by atoms with van der Waals surface area (Å²) in [7, 11) is 8.27. The predicted octanol–water partition coefficient (Wildman–Crippen LogP) is 5.61. The molecule has 10 radical (unpaired) electrons. The van der Waals surface area contributed by atoms with Gasteiger partial charge in [0.15, 0.2) is 0 Å². The molecular weight excluding hydrogens is 396 g/mol. The van der Waals surface area contributed by atoms with E-state index in [1.807, 2.05) is 38.0 Å². The lowest BCUT2D eigenvalue weighted by molar-refractivity contribution is 0.973. The average molecular weight is 439 g/mol. The molecule has 31 heavy (non-hydrogen) atoms. The number of aromatic nitrogens is 2. The second-order valence-corrected chi connectivity index (χ2v) is 9.66. The van der Waals surface area contributed by atoms with Crippen LogP contribution in [0.3, 0.4) is 0 Å². The topological polar surface area (TPSA) is 32.3 Å². The fourth-order valence-corrected chi connectivity index (χ4v) is 4.47. The third-order valence-corrected chi connectivity index (χ3v) is 7.61. The number of nitrogens with zero attached hydrogens (tertiary/aromatic N) is 4. The van der Waals surface area contributed by atoms with Crippen molar-refractivity contribution in [2.75, 3.05) is 38.0 Å². The first-order chi connectivity index (χ1) is 14.2. The molecule has 0 N–H and O–H groups in total. The van der Waals surface area contributed by atoms with Gasteiger partial charge < -0.3 is 9.80 Å². The summed E-state index contributed by atoms with van der Waals surface area (Å²) in [6.07, 6.45) is 0. The maximum Gasteiger partial charge on any atom is 1.37 e. The first kappa shape index (κ1) is 28.2. The van der Waals surface area contributed by atoms with Gasteiger partial charge in [-0.3, -0.25) is 0 Å². The van der Waals surface area contributed by atoms with E-state index >= 15 is 0 Å². The molecule has 4 nitrogen and oxygen atoms in total. The smallest absolute Gasteiger partial charge is 0.355 e. The lowest BCUT2D eigenvalue weighted by Crippen LogP contribution is -2.16. The first-order valence-corrected chi connectivity index (χ1v) is 11.8. The summed E-state index contributed by atoms with van der Waals surface area (Å²) in [6.45, 7) is 22.0. The van der Waals surface area contributed by atoms with E-state index in [0.717, 1.165) is 11.6 Å². The molecule has 0 saturated heterocycles. The third kappa shape index (κ3) is 6.58. The molecule has 2 aliphatic rings. The number of hydrogen-bond donors (Lipinski definition) is 0. The summed E-state index contributed by atoms with van der Waals surface area (Å²) in [6, 6.07) is 0. The van der Waals surface area contributed by atoms with Crippen LogP contribution >= 0.6 is 0 Å². The monoisotopic (exact) mass is 438 g/mol. The van der Waals surface area contributed by atoms with Crippen LogP contribution in [0.2, 0.25) is 0 Å². The Labute approximate surface area is 196 Å². The molecule has 2 fully saturated rings. The summed E-state index contributed by atoms with van der Waals surface area (Å²) in [5, 5.41) is 0. The summed E-state index contributed by atoms with van der Waals surface area (Å²) >= 11 is 0. The van der Waals surface area contributed by atoms with Gasteiger partial charge in [0, 0.05) is 28.2 Å². The summed E-state index contributed by atoms with van der Waals surface area (Å²) in [4.78, 5) is 3.97. The molecule has 1 aromatic rings. The largest absolute Gasteiger partial charge is 1.37 e. The van der Waals surface area contributed by atoms with Crippen molar-refractivity contribution in [2.24, 2.45) is 0 Å². The molecule has 0 bridgehead atoms. The Morgan fingerprint density at radius 1 is 0.387 bits per heavy atom. The number of anilines is 2. The molecule has 1 aromatic heterocycles. The molecule has 3 rings (SSSR count). The van der Waals surface area contributed by atoms with Crippen molar-refractivity contribution in [1.29, 1.82) is 0 Å². The minimum atomic E-state index is 0.347. The number of rotatable bonds is 2. The van der Waals surface area contributed by atoms with E-state index in [2.05, 4.69) is 78.5 Å². The van der Waals surface area contributed by atoms with Crippen molar-refractivity contribution in [2.45, 2.75) is 69.2 Å². The van der Waals surface area contributed by atoms with Gasteiger partial charge in [0.2, 0.25) is 0 Å². The zero-order chi connectivity index (χ0) is 24.2. The van der Waals surface area contributed by atoms with E-state index in [1.54, 1.807) is 0 Å². The highest BCUT2D eigenvalue weighted by molar-refractivity contribution is 6.17. The minimum absolute atomic E-state index is 0.347. The Hall–Kier alpha value is -0.843. The van der Waals surface area contributed by atoms with Crippen molar-refractivity contribution < 1.29 is 0 Å². The SMILES string of the molecule is CN(C)c1n[si+2]nc1N(C)C.C[C]1[C](C)[C](C)[C](C)[C]1C.C[C]1[C](C)[C](C)[C](C)[C]1C. The summed E-state index contributed by atoms with van der Waals surface area (Å²) in [5.74, 6) is 16.6. The molecule has 2 saturated carbocycles. The van der Waals surface area contributed by atoms with Crippen molar-refractivity contribution in [1.82, 2.24) is 9.28 Å². The second-order valence-electron chi connectivity index (χ2n) is 9.01. The fourth-order valence-electron chi connectivity index (χ4n) is 3.63. The van der Waals surface area contributed by atoms with E-state index in [0.29, 0.717) is 9.46 Å². The molecule has 0 atom stereocenters. The van der Waals surface area contributed by atoms with E-state index in [4.69, 9.17) is 0 Å². The van der Waals surface area contributed by atoms with Crippen LogP contribution in [0.1, 0.15) is 69.2 Å². The molecule has 168 valence electrons. The Morgan fingerprint density at radius 2 is 0.548 bits per heavy atom. The van der Waals surface area contributed by atoms with Gasteiger partial charge in [0.25, 0.3) is 11.6 Å². The third-order valence-electron chi connectivity index (χ3n) is 6.98. The summed E-state index contributed by atoms with van der Waals surface area (Å²) in [5.41, 5.74) is 0. The van der Waals surface area contributed by atoms with Crippen LogP contribution in [-0.2, 0) is 0 Å². The van der Waals surface area contributed by atoms with E-state index in [1.165, 1.54) is 59.2 Å². The Morgan fingerprint density at radius 3 is 0.677 bits per heavy atom. The van der Waals surface area contributed by atoms with Crippen LogP contribution in [0, 0.1) is 59.2 Å². The van der Waals surface area contributed by atoms with Crippen LogP contribution < -0.4 is 9.80 Å². The Balaban J connectivity index is 0.000000233. The quantitative estimate of drug-likeness (QED) is 0.562. The predicted molar refractivity (Wildman–Crippen MR) is 137 cm³/mol. The van der Waals surface area contributed by atoms with Crippen molar-refractivity contribution >= 4 is 21.1 Å². The molecule has 0 spiro atoms. The molecule has 0 aliphatic heterocycles. The fraction of sp³-hybridized carbons (Fsp3) is 0.538. The lowest BCUT2D eigenvalue weighted by atomic mass is 9.92. The van der Waals surface area contributed by atoms with Gasteiger partial charge >= 0.3 is 9.46 Å². The highest BCUT2D eigenvalue weighted by Crippen LogP contribution is 2.52. The minimum Gasteiger partial charge on any atom is -0.355 e. The van der Waals surface area contributed by atoms with E-state index in [9.17, 15) is 0 Å². The van der Waals surface area contributed by atoms with Gasteiger partial charge in [-0.2, -0.15) is 0 Å². The molecule has 0 unspecified atom stereocenters. The molecule has 0 aromatic carbocycles. The van der Waals surface area contributed by atoms with Crippen LogP contribution in [0.4, 0.5) is 11.6 Å². The van der Waals surface area contributed by atoms with Crippen LogP contribution in [-0.4, -0.2) is 46.9 Å². The van der Waals surface area contributed by atoms with Gasteiger partial charge in [-0.25, -0.2) is 0 Å². The van der Waals surface area contributed by atoms with E-state index < -0.39 is 0 Å². The lowest BCUT2D eigenvalue weighted by Gasteiger charge is -2.12. The average Bonchev–Trinajstić information content (AvgIpc) is 3.34. The highest BCUT2D eigenvalue weighted by atomic mass is 28.2. The maximum absolute atomic E-state index is 4.26. The van der Waals surface area contributed by atoms with Crippen molar-refractivity contribution in [3.63, 3.8) is 0 Å². The molecule has 5 heteroatoms. The molecule has 0 amide bonds. The van der Waals surface area contributed by atoms with Gasteiger partial charge in [-0.15, -0.1) is 0 Å². The zero-order valence-corrected chi connectivity index (χ0v) is 23.3. The second kappa shape index (κ2) is 11.9. The normalized spacial score (nSPS) is 21.7. The Kier molecular flexibility index (Phi) is 10.8. The zero-order valence-electron chi connectivity index (χ0n) is 22.3. The highest BCUT2D eigenvalue weighted by Gasteiger charge is 2.41. The Bertz CT molecular complexity index is 501. The van der Waals surface area contributed by atoms with Crippen LogP contribution in [0.15, 0.2) is 0 Å². The van der Waals surface area contributed by atoms with Crippen molar-refractivity contribution in [3.05, 3.63) is 59.2 Å². The molecule has 2 aliphatic carbocycles. The van der Waals surface area contributed by atoms with Crippen molar-refractivity contribution in [3.8, 4) is 0 Å². The van der Waals surface area contributed by atoms with Gasteiger partial charge in [0.1, 0.15) is 9.28 Å². The van der Waals surface area contributed by atoms with Gasteiger partial charge in [-0.05, 0) is 59.2 Å². The van der Waals surface area contributed by atoms with E-state index in [-0.39, 0.29) is 0 Å².